The molecule has 5 nitrogen and oxygen atoms in total. The molecule has 6 heteroatoms. The first-order chi connectivity index (χ1) is 8.28. The smallest absolute Gasteiger partial charge is 0.243 e. The van der Waals surface area contributed by atoms with E-state index in [-0.39, 0.29) is 23.8 Å². The van der Waals surface area contributed by atoms with Gasteiger partial charge in [-0.1, -0.05) is 19.1 Å². The van der Waals surface area contributed by atoms with Gasteiger partial charge in [-0.3, -0.25) is 5.41 Å². The van der Waals surface area contributed by atoms with Crippen LogP contribution in [0.2, 0.25) is 0 Å². The minimum Gasteiger partial charge on any atom is -0.387 e. The molecule has 0 amide bonds. The van der Waals surface area contributed by atoms with Crippen LogP contribution in [0.3, 0.4) is 0 Å². The van der Waals surface area contributed by atoms with Crippen molar-refractivity contribution in [2.45, 2.75) is 25.7 Å². The Kier molecular flexibility index (Phi) is 4.48. The zero-order valence-corrected chi connectivity index (χ0v) is 11.7. The topological polar surface area (TPSA) is 87.2 Å². The molecule has 18 heavy (non-hydrogen) atoms. The predicted molar refractivity (Wildman–Crippen MR) is 72.3 cm³/mol. The van der Waals surface area contributed by atoms with Crippen molar-refractivity contribution >= 4 is 15.9 Å². The summed E-state index contributed by atoms with van der Waals surface area (Å²) in [7, 11) is -3.59. The fraction of sp³-hybridized carbons (Fsp3) is 0.417. The highest BCUT2D eigenvalue weighted by atomic mass is 32.2. The molecule has 0 heterocycles. The molecular formula is C12H19N3O2S. The van der Waals surface area contributed by atoms with Crippen LogP contribution >= 0.6 is 0 Å². The summed E-state index contributed by atoms with van der Waals surface area (Å²) in [5.41, 5.74) is 6.87. The zero-order valence-electron chi connectivity index (χ0n) is 10.9. The fourth-order valence-electron chi connectivity index (χ4n) is 1.68. The van der Waals surface area contributed by atoms with Gasteiger partial charge in [-0.05, 0) is 31.0 Å². The van der Waals surface area contributed by atoms with Crippen molar-refractivity contribution in [2.24, 2.45) is 5.73 Å². The van der Waals surface area contributed by atoms with Gasteiger partial charge in [0.2, 0.25) is 10.0 Å². The first-order valence-corrected chi connectivity index (χ1v) is 7.13. The molecule has 100 valence electrons. The molecule has 0 radical (unpaired) electrons. The number of sulfonamides is 1. The minimum atomic E-state index is -3.59. The Balaban J connectivity index is 3.26. The van der Waals surface area contributed by atoms with Gasteiger partial charge in [0.1, 0.15) is 5.84 Å². The molecule has 0 bridgehead atoms. The average Bonchev–Trinajstić information content (AvgIpc) is 2.28. The zero-order chi connectivity index (χ0) is 13.9. The summed E-state index contributed by atoms with van der Waals surface area (Å²) < 4.78 is 26.1. The van der Waals surface area contributed by atoms with Crippen LogP contribution in [-0.2, 0) is 10.0 Å². The number of hydrogen-bond donors (Lipinski definition) is 2. The Morgan fingerprint density at radius 3 is 2.50 bits per heavy atom. The summed E-state index contributed by atoms with van der Waals surface area (Å²) in [6, 6.07) is 5.30. The molecule has 0 aromatic heterocycles. The molecule has 0 aliphatic carbocycles. The third kappa shape index (κ3) is 3.08. The highest BCUT2D eigenvalue weighted by Crippen LogP contribution is 2.20. The van der Waals surface area contributed by atoms with E-state index in [0.717, 1.165) is 5.56 Å². The van der Waals surface area contributed by atoms with Crippen molar-refractivity contribution in [2.75, 3.05) is 13.1 Å². The van der Waals surface area contributed by atoms with Crippen LogP contribution in [0, 0.1) is 19.3 Å². The second kappa shape index (κ2) is 5.49. The molecule has 0 atom stereocenters. The molecule has 0 aliphatic rings. The molecule has 1 aromatic carbocycles. The van der Waals surface area contributed by atoms with Gasteiger partial charge in [-0.2, -0.15) is 4.31 Å². The van der Waals surface area contributed by atoms with Gasteiger partial charge in [0.15, 0.2) is 0 Å². The van der Waals surface area contributed by atoms with Crippen LogP contribution in [-0.4, -0.2) is 31.6 Å². The number of nitrogens with two attached hydrogens (primary N) is 1. The van der Waals surface area contributed by atoms with E-state index in [1.54, 1.807) is 26.0 Å². The van der Waals surface area contributed by atoms with Gasteiger partial charge in [-0.15, -0.1) is 0 Å². The quantitative estimate of drug-likeness (QED) is 0.623. The number of amidine groups is 1. The summed E-state index contributed by atoms with van der Waals surface area (Å²) in [6.07, 6.45) is 0. The number of nitrogens with one attached hydrogen (secondary N) is 1. The molecule has 0 saturated heterocycles. The van der Waals surface area contributed by atoms with Crippen molar-refractivity contribution in [3.05, 3.63) is 29.3 Å². The van der Waals surface area contributed by atoms with E-state index in [1.165, 1.54) is 4.31 Å². The Bertz CT molecular complexity index is 552. The number of aryl methyl sites for hydroxylation is 2. The number of nitrogens with zero attached hydrogens (tertiary/aromatic N) is 1. The highest BCUT2D eigenvalue weighted by molar-refractivity contribution is 7.89. The number of benzene rings is 1. The molecule has 3 N–H and O–H groups in total. The second-order valence-corrected chi connectivity index (χ2v) is 6.13. The fourth-order valence-corrected chi connectivity index (χ4v) is 3.42. The lowest BCUT2D eigenvalue weighted by molar-refractivity contribution is 0.465. The van der Waals surface area contributed by atoms with Gasteiger partial charge < -0.3 is 5.73 Å². The molecule has 1 aromatic rings. The number of likely N-dealkylation sites (N-methyl/N-ethyl adjacent to an activating group) is 1. The number of rotatable bonds is 5. The number of hydrogen-bond acceptors (Lipinski definition) is 3. The van der Waals surface area contributed by atoms with E-state index in [2.05, 4.69) is 0 Å². The van der Waals surface area contributed by atoms with Gasteiger partial charge in [0.05, 0.1) is 11.4 Å². The van der Waals surface area contributed by atoms with Gasteiger partial charge in [0.25, 0.3) is 0 Å². The summed E-state index contributed by atoms with van der Waals surface area (Å²) in [4.78, 5) is 0.283. The van der Waals surface area contributed by atoms with Crippen molar-refractivity contribution in [1.82, 2.24) is 4.31 Å². The average molecular weight is 269 g/mol. The normalized spacial score (nSPS) is 11.8. The van der Waals surface area contributed by atoms with E-state index in [1.807, 2.05) is 13.0 Å². The lowest BCUT2D eigenvalue weighted by Gasteiger charge is -2.21. The van der Waals surface area contributed by atoms with Crippen LogP contribution in [0.15, 0.2) is 23.1 Å². The molecule has 0 fully saturated rings. The van der Waals surface area contributed by atoms with Gasteiger partial charge >= 0.3 is 0 Å². The van der Waals surface area contributed by atoms with Crippen LogP contribution in [0.1, 0.15) is 18.1 Å². The monoisotopic (exact) mass is 269 g/mol. The second-order valence-electron chi connectivity index (χ2n) is 4.23. The van der Waals surface area contributed by atoms with Crippen LogP contribution in [0.25, 0.3) is 0 Å². The Morgan fingerprint density at radius 2 is 2.00 bits per heavy atom. The summed E-state index contributed by atoms with van der Waals surface area (Å²) in [5.74, 6) is -0.161. The third-order valence-corrected chi connectivity index (χ3v) is 4.72. The summed E-state index contributed by atoms with van der Waals surface area (Å²) >= 11 is 0. The van der Waals surface area contributed by atoms with E-state index in [0.29, 0.717) is 5.56 Å². The maximum atomic E-state index is 12.4. The Hall–Kier alpha value is -1.40. The standard InChI is InChI=1S/C12H19N3O2S/c1-4-15(8-12(13)14)18(16,17)11-7-9(2)5-6-10(11)3/h5-7H,4,8H2,1-3H3,(H3,13,14). The van der Waals surface area contributed by atoms with Crippen molar-refractivity contribution in [3.8, 4) is 0 Å². The summed E-state index contributed by atoms with van der Waals surface area (Å²) in [5, 5.41) is 7.24. The van der Waals surface area contributed by atoms with Crippen LogP contribution in [0.5, 0.6) is 0 Å². The lowest BCUT2D eigenvalue weighted by Crippen LogP contribution is -2.38. The lowest BCUT2D eigenvalue weighted by atomic mass is 10.2. The van der Waals surface area contributed by atoms with Crippen molar-refractivity contribution < 1.29 is 8.42 Å². The largest absolute Gasteiger partial charge is 0.387 e. The van der Waals surface area contributed by atoms with Crippen molar-refractivity contribution in [1.29, 1.82) is 5.41 Å². The maximum Gasteiger partial charge on any atom is 0.243 e. The Morgan fingerprint density at radius 1 is 1.39 bits per heavy atom. The van der Waals surface area contributed by atoms with Crippen LogP contribution in [0.4, 0.5) is 0 Å². The van der Waals surface area contributed by atoms with E-state index >= 15 is 0 Å². The van der Waals surface area contributed by atoms with Crippen molar-refractivity contribution in [3.63, 3.8) is 0 Å². The highest BCUT2D eigenvalue weighted by Gasteiger charge is 2.25. The molecule has 0 unspecified atom stereocenters. The predicted octanol–water partition coefficient (Wildman–Crippen LogP) is 1.25. The van der Waals surface area contributed by atoms with E-state index < -0.39 is 10.0 Å². The molecular weight excluding hydrogens is 250 g/mol. The van der Waals surface area contributed by atoms with E-state index in [4.69, 9.17) is 11.1 Å². The first kappa shape index (κ1) is 14.7. The van der Waals surface area contributed by atoms with Crippen LogP contribution < -0.4 is 5.73 Å². The molecule has 1 rings (SSSR count). The first-order valence-electron chi connectivity index (χ1n) is 5.69. The van der Waals surface area contributed by atoms with Gasteiger partial charge in [-0.25, -0.2) is 8.42 Å². The van der Waals surface area contributed by atoms with E-state index in [9.17, 15) is 8.42 Å². The maximum absolute atomic E-state index is 12.4. The third-order valence-electron chi connectivity index (χ3n) is 2.66. The Labute approximate surface area is 108 Å². The molecule has 0 saturated carbocycles. The van der Waals surface area contributed by atoms with Gasteiger partial charge in [0, 0.05) is 6.54 Å². The SMILES string of the molecule is CCN(CC(=N)N)S(=O)(=O)c1cc(C)ccc1C. The molecule has 0 spiro atoms. The molecule has 0 aliphatic heterocycles. The summed E-state index contributed by atoms with van der Waals surface area (Å²) in [6.45, 7) is 5.54. The minimum absolute atomic E-state index is 0.0772.